The van der Waals surface area contributed by atoms with Gasteiger partial charge in [-0.25, -0.2) is 4.79 Å². The van der Waals surface area contributed by atoms with E-state index >= 15 is 0 Å². The van der Waals surface area contributed by atoms with E-state index in [1.807, 2.05) is 0 Å². The van der Waals surface area contributed by atoms with E-state index in [0.717, 1.165) is 0 Å². The van der Waals surface area contributed by atoms with Gasteiger partial charge >= 0.3 is 12.0 Å². The zero-order valence-corrected chi connectivity index (χ0v) is 12.9. The minimum atomic E-state index is -0.852. The molecule has 7 nitrogen and oxygen atoms in total. The van der Waals surface area contributed by atoms with Gasteiger partial charge in [0.1, 0.15) is 12.2 Å². The van der Waals surface area contributed by atoms with Gasteiger partial charge in [-0.3, -0.25) is 4.79 Å². The summed E-state index contributed by atoms with van der Waals surface area (Å²) in [6.07, 6.45) is 1.06. The van der Waals surface area contributed by atoms with Gasteiger partial charge in [0.2, 0.25) is 0 Å². The predicted molar refractivity (Wildman–Crippen MR) is 75.1 cm³/mol. The predicted octanol–water partition coefficient (Wildman–Crippen LogP) is 0.639. The van der Waals surface area contributed by atoms with Gasteiger partial charge in [-0.1, -0.05) is 0 Å². The Bertz CT molecular complexity index is 404. The number of hydrogen-bond acceptors (Lipinski definition) is 4. The topological polar surface area (TPSA) is 79.3 Å². The summed E-state index contributed by atoms with van der Waals surface area (Å²) in [6, 6.07) is -0.122. The third-order valence-electron chi connectivity index (χ3n) is 4.57. The fourth-order valence-corrected chi connectivity index (χ4v) is 3.13. The second kappa shape index (κ2) is 6.19. The minimum absolute atomic E-state index is 0.122. The Morgan fingerprint density at radius 1 is 1.14 bits per heavy atom. The highest BCUT2D eigenvalue weighted by atomic mass is 16.5. The Hall–Kier alpha value is -1.34. The molecular weight excluding hydrogens is 276 g/mol. The Morgan fingerprint density at radius 3 is 2.19 bits per heavy atom. The molecule has 0 bridgehead atoms. The van der Waals surface area contributed by atoms with E-state index in [9.17, 15) is 14.7 Å². The lowest BCUT2D eigenvalue weighted by Crippen LogP contribution is -2.52. The number of likely N-dealkylation sites (tertiary alicyclic amines) is 2. The number of carbonyl (C=O) groups is 2. The van der Waals surface area contributed by atoms with Crippen molar-refractivity contribution in [3.63, 3.8) is 0 Å². The van der Waals surface area contributed by atoms with E-state index in [1.165, 1.54) is 0 Å². The smallest absolute Gasteiger partial charge is 0.320 e. The summed E-state index contributed by atoms with van der Waals surface area (Å²) < 4.78 is 10.7. The largest absolute Gasteiger partial charge is 0.481 e. The number of carboxylic acid groups (broad SMARTS) is 1. The number of ether oxygens (including phenoxy) is 2. The first-order chi connectivity index (χ1) is 9.91. The number of carboxylic acids is 1. The molecule has 3 unspecified atom stereocenters. The van der Waals surface area contributed by atoms with Crippen molar-refractivity contribution in [3.05, 3.63) is 0 Å². The lowest BCUT2D eigenvalue weighted by Gasteiger charge is -2.39. The summed E-state index contributed by atoms with van der Waals surface area (Å²) in [5, 5.41) is 9.33. The highest BCUT2D eigenvalue weighted by molar-refractivity contribution is 5.78. The van der Waals surface area contributed by atoms with Crippen molar-refractivity contribution >= 4 is 12.0 Å². The van der Waals surface area contributed by atoms with Gasteiger partial charge in [0.15, 0.2) is 0 Å². The van der Waals surface area contributed by atoms with Crippen molar-refractivity contribution in [1.82, 2.24) is 9.80 Å². The molecule has 120 valence electrons. The molecule has 2 fully saturated rings. The summed E-state index contributed by atoms with van der Waals surface area (Å²) in [5.41, 5.74) is -0.852. The van der Waals surface area contributed by atoms with Crippen molar-refractivity contribution in [2.75, 3.05) is 40.4 Å². The second-order valence-electron chi connectivity index (χ2n) is 6.13. The molecule has 0 saturated carbocycles. The number of hydrogen-bond donors (Lipinski definition) is 1. The van der Waals surface area contributed by atoms with Crippen LogP contribution in [0.3, 0.4) is 0 Å². The number of aliphatic carboxylic acids is 1. The normalized spacial score (nSPS) is 33.3. The number of nitrogens with zero attached hydrogens (tertiary/aromatic N) is 2. The third-order valence-corrected chi connectivity index (χ3v) is 4.57. The van der Waals surface area contributed by atoms with Gasteiger partial charge in [-0.05, 0) is 19.8 Å². The Morgan fingerprint density at radius 2 is 1.71 bits per heavy atom. The molecule has 0 aromatic rings. The number of amides is 2. The van der Waals surface area contributed by atoms with Crippen molar-refractivity contribution in [1.29, 1.82) is 0 Å². The van der Waals surface area contributed by atoms with E-state index in [-0.39, 0.29) is 24.8 Å². The van der Waals surface area contributed by atoms with Gasteiger partial charge in [0, 0.05) is 27.3 Å². The van der Waals surface area contributed by atoms with Crippen LogP contribution in [-0.2, 0) is 14.3 Å². The van der Waals surface area contributed by atoms with Gasteiger partial charge in [0.25, 0.3) is 0 Å². The van der Waals surface area contributed by atoms with Crippen molar-refractivity contribution in [2.24, 2.45) is 5.41 Å². The Balaban J connectivity index is 2.02. The Kier molecular flexibility index (Phi) is 4.73. The fourth-order valence-electron chi connectivity index (χ4n) is 3.13. The molecule has 0 aromatic carbocycles. The van der Waals surface area contributed by atoms with E-state index in [0.29, 0.717) is 32.5 Å². The summed E-state index contributed by atoms with van der Waals surface area (Å²) >= 11 is 0. The van der Waals surface area contributed by atoms with E-state index in [4.69, 9.17) is 9.47 Å². The average molecular weight is 300 g/mol. The number of piperidine rings is 1. The van der Waals surface area contributed by atoms with Crippen molar-refractivity contribution in [2.45, 2.75) is 32.0 Å². The quantitative estimate of drug-likeness (QED) is 0.827. The average Bonchev–Trinajstić information content (AvgIpc) is 2.89. The van der Waals surface area contributed by atoms with E-state index < -0.39 is 11.4 Å². The summed E-state index contributed by atoms with van der Waals surface area (Å²) in [4.78, 5) is 27.3. The molecule has 2 heterocycles. The van der Waals surface area contributed by atoms with Crippen LogP contribution in [-0.4, -0.2) is 79.5 Å². The maximum Gasteiger partial charge on any atom is 0.320 e. The van der Waals surface area contributed by atoms with Crippen LogP contribution >= 0.6 is 0 Å². The lowest BCUT2D eigenvalue weighted by molar-refractivity contribution is -0.150. The zero-order chi connectivity index (χ0) is 15.6. The monoisotopic (exact) mass is 300 g/mol. The standard InChI is InChI=1S/C14H24N2O5/c1-14(12(17)18)5-4-6-15(9-14)13(19)16-7-10(20-2)11(8-16)21-3/h10-11H,4-9H2,1-3H3,(H,17,18). The van der Waals surface area contributed by atoms with Crippen LogP contribution < -0.4 is 0 Å². The molecule has 2 aliphatic heterocycles. The summed E-state index contributed by atoms with van der Waals surface area (Å²) in [7, 11) is 3.21. The first kappa shape index (κ1) is 16.0. The molecule has 2 rings (SSSR count). The van der Waals surface area contributed by atoms with Crippen molar-refractivity contribution in [3.8, 4) is 0 Å². The zero-order valence-electron chi connectivity index (χ0n) is 12.9. The molecule has 0 radical (unpaired) electrons. The van der Waals surface area contributed by atoms with Crippen LogP contribution in [0.4, 0.5) is 4.79 Å². The van der Waals surface area contributed by atoms with Crippen LogP contribution in [0.25, 0.3) is 0 Å². The van der Waals surface area contributed by atoms with Crippen molar-refractivity contribution < 1.29 is 24.2 Å². The highest BCUT2D eigenvalue weighted by Gasteiger charge is 2.43. The number of methoxy groups -OCH3 is 2. The molecule has 1 N–H and O–H groups in total. The second-order valence-corrected chi connectivity index (χ2v) is 6.13. The summed E-state index contributed by atoms with van der Waals surface area (Å²) in [5.74, 6) is -0.842. The minimum Gasteiger partial charge on any atom is -0.481 e. The fraction of sp³-hybridized carbons (Fsp3) is 0.857. The SMILES string of the molecule is COC1CN(C(=O)N2CCCC(C)(C(=O)O)C2)CC1OC. The van der Waals surface area contributed by atoms with Gasteiger partial charge in [0.05, 0.1) is 18.5 Å². The molecule has 3 atom stereocenters. The van der Waals surface area contributed by atoms with Crippen LogP contribution in [0.15, 0.2) is 0 Å². The molecule has 0 spiro atoms. The van der Waals surface area contributed by atoms with E-state index in [2.05, 4.69) is 0 Å². The third kappa shape index (κ3) is 3.13. The molecule has 0 aromatic heterocycles. The van der Waals surface area contributed by atoms with Gasteiger partial charge in [-0.2, -0.15) is 0 Å². The molecule has 2 aliphatic rings. The first-order valence-corrected chi connectivity index (χ1v) is 7.24. The number of carbonyl (C=O) groups excluding carboxylic acids is 1. The molecular formula is C14H24N2O5. The maximum atomic E-state index is 12.6. The maximum absolute atomic E-state index is 12.6. The van der Waals surface area contributed by atoms with Crippen LogP contribution in [0, 0.1) is 5.41 Å². The first-order valence-electron chi connectivity index (χ1n) is 7.24. The van der Waals surface area contributed by atoms with Crippen LogP contribution in [0.5, 0.6) is 0 Å². The van der Waals surface area contributed by atoms with Gasteiger partial charge in [-0.15, -0.1) is 0 Å². The van der Waals surface area contributed by atoms with Crippen LogP contribution in [0.2, 0.25) is 0 Å². The molecule has 7 heteroatoms. The lowest BCUT2D eigenvalue weighted by atomic mass is 9.82. The van der Waals surface area contributed by atoms with Crippen LogP contribution in [0.1, 0.15) is 19.8 Å². The molecule has 0 aliphatic carbocycles. The molecule has 21 heavy (non-hydrogen) atoms. The summed E-state index contributed by atoms with van der Waals surface area (Å²) in [6.45, 7) is 3.53. The Labute approximate surface area is 124 Å². The number of rotatable bonds is 3. The number of urea groups is 1. The molecule has 2 saturated heterocycles. The van der Waals surface area contributed by atoms with Gasteiger partial charge < -0.3 is 24.4 Å². The van der Waals surface area contributed by atoms with E-state index in [1.54, 1.807) is 30.9 Å². The highest BCUT2D eigenvalue weighted by Crippen LogP contribution is 2.30. The molecule has 2 amide bonds.